The maximum atomic E-state index is 14.5. The number of carbonyl (C=O) groups excluding carboxylic acids is 2. The second-order valence-electron chi connectivity index (χ2n) is 11.8. The Kier molecular flexibility index (Phi) is 8.11. The van der Waals surface area contributed by atoms with E-state index in [9.17, 15) is 9.59 Å². The monoisotopic (exact) mass is 604 g/mol. The summed E-state index contributed by atoms with van der Waals surface area (Å²) < 4.78 is 11.6. The first kappa shape index (κ1) is 29.5. The van der Waals surface area contributed by atoms with Gasteiger partial charge in [-0.15, -0.1) is 0 Å². The second-order valence-corrected chi connectivity index (χ2v) is 11.8. The quantitative estimate of drug-likeness (QED) is 0.187. The fourth-order valence-electron chi connectivity index (χ4n) is 7.62. The van der Waals surface area contributed by atoms with E-state index in [1.54, 1.807) is 0 Å². The number of benzene rings is 5. The maximum Gasteiger partial charge on any atom is 0.335 e. The molecule has 3 unspecified atom stereocenters. The third kappa shape index (κ3) is 5.04. The Morgan fingerprint density at radius 2 is 1.11 bits per heavy atom. The van der Waals surface area contributed by atoms with Crippen molar-refractivity contribution in [2.24, 2.45) is 0 Å². The van der Waals surface area contributed by atoms with Gasteiger partial charge in [0.2, 0.25) is 0 Å². The van der Waals surface area contributed by atoms with Gasteiger partial charge in [-0.05, 0) is 58.0 Å². The molecule has 0 saturated carbocycles. The van der Waals surface area contributed by atoms with Gasteiger partial charge in [-0.3, -0.25) is 0 Å². The molecule has 0 aliphatic heterocycles. The summed E-state index contributed by atoms with van der Waals surface area (Å²) >= 11 is 0. The number of esters is 2. The van der Waals surface area contributed by atoms with Gasteiger partial charge in [0.05, 0.1) is 24.4 Å². The van der Waals surface area contributed by atoms with Gasteiger partial charge >= 0.3 is 11.9 Å². The number of fused-ring (bicyclic) bond motifs is 5. The van der Waals surface area contributed by atoms with E-state index in [0.717, 1.165) is 49.4 Å². The van der Waals surface area contributed by atoms with Crippen molar-refractivity contribution >= 4 is 23.1 Å². The van der Waals surface area contributed by atoms with Crippen molar-refractivity contribution in [3.8, 4) is 11.1 Å². The van der Waals surface area contributed by atoms with Crippen molar-refractivity contribution in [2.45, 2.75) is 38.0 Å². The van der Waals surface area contributed by atoms with Crippen LogP contribution in [0.1, 0.15) is 59.4 Å². The maximum absolute atomic E-state index is 14.5. The number of rotatable bonds is 7. The van der Waals surface area contributed by atoms with E-state index in [0.29, 0.717) is 17.6 Å². The van der Waals surface area contributed by atoms with Crippen LogP contribution in [0.4, 0.5) is 0 Å². The fourth-order valence-corrected chi connectivity index (χ4v) is 7.62. The first-order valence-corrected chi connectivity index (χ1v) is 16.1. The summed E-state index contributed by atoms with van der Waals surface area (Å²) in [6.45, 7) is 4.17. The van der Waals surface area contributed by atoms with Crippen LogP contribution in [0.5, 0.6) is 0 Å². The molecule has 7 rings (SSSR count). The van der Waals surface area contributed by atoms with Crippen molar-refractivity contribution in [3.05, 3.63) is 166 Å². The minimum atomic E-state index is -0.361. The fraction of sp³-hybridized carbons (Fsp3) is 0.190. The Morgan fingerprint density at radius 3 is 1.74 bits per heavy atom. The van der Waals surface area contributed by atoms with Gasteiger partial charge in [0.1, 0.15) is 0 Å². The number of carbonyl (C=O) groups is 2. The van der Waals surface area contributed by atoms with Crippen LogP contribution in [-0.2, 0) is 25.5 Å². The lowest BCUT2D eigenvalue weighted by Gasteiger charge is -2.41. The van der Waals surface area contributed by atoms with E-state index in [2.05, 4.69) is 84.9 Å². The topological polar surface area (TPSA) is 52.6 Å². The SMILES string of the molecule is CCOC(=O)C1=c2c(ccc3c2=C(C(=O)OCC)C(c2ccccc2)C(c2ccccc2)C3c2ccccc2)-c2ccccc2C1. The molecule has 0 heterocycles. The number of hydrogen-bond acceptors (Lipinski definition) is 4. The van der Waals surface area contributed by atoms with Gasteiger partial charge < -0.3 is 9.47 Å². The van der Waals surface area contributed by atoms with Crippen molar-refractivity contribution in [3.63, 3.8) is 0 Å². The van der Waals surface area contributed by atoms with Crippen molar-refractivity contribution in [1.29, 1.82) is 0 Å². The zero-order valence-electron chi connectivity index (χ0n) is 26.1. The Balaban J connectivity index is 1.72. The normalized spacial score (nSPS) is 18.2. The lowest BCUT2D eigenvalue weighted by molar-refractivity contribution is -0.137. The van der Waals surface area contributed by atoms with Crippen LogP contribution in [-0.4, -0.2) is 25.2 Å². The minimum Gasteiger partial charge on any atom is -0.463 e. The van der Waals surface area contributed by atoms with Crippen molar-refractivity contribution < 1.29 is 19.1 Å². The molecule has 4 nitrogen and oxygen atoms in total. The summed E-state index contributed by atoms with van der Waals surface area (Å²) in [5.74, 6) is -1.31. The Bertz CT molecular complexity index is 2030. The molecule has 4 heteroatoms. The van der Waals surface area contributed by atoms with E-state index < -0.39 is 0 Å². The summed E-state index contributed by atoms with van der Waals surface area (Å²) in [5, 5.41) is 1.58. The van der Waals surface area contributed by atoms with Crippen LogP contribution in [0.3, 0.4) is 0 Å². The van der Waals surface area contributed by atoms with Gasteiger partial charge in [0, 0.05) is 29.4 Å². The number of ether oxygens (including phenoxy) is 2. The predicted octanol–water partition coefficient (Wildman–Crippen LogP) is 7.05. The summed E-state index contributed by atoms with van der Waals surface area (Å²) in [4.78, 5) is 28.4. The van der Waals surface area contributed by atoms with E-state index >= 15 is 0 Å². The average molecular weight is 605 g/mol. The third-order valence-electron chi connectivity index (χ3n) is 9.37. The molecule has 5 aromatic rings. The Hall–Kier alpha value is -5.22. The van der Waals surface area contributed by atoms with Crippen LogP contribution in [0.25, 0.3) is 22.3 Å². The molecule has 3 atom stereocenters. The zero-order chi connectivity index (χ0) is 31.6. The van der Waals surface area contributed by atoms with E-state index in [1.807, 2.05) is 56.3 Å². The molecule has 0 fully saturated rings. The number of hydrogen-bond donors (Lipinski definition) is 0. The molecule has 0 N–H and O–H groups in total. The molecule has 0 bridgehead atoms. The van der Waals surface area contributed by atoms with Gasteiger partial charge in [0.25, 0.3) is 0 Å². The summed E-state index contributed by atoms with van der Waals surface area (Å²) in [6, 6.07) is 43.8. The van der Waals surface area contributed by atoms with Crippen molar-refractivity contribution in [2.75, 3.05) is 13.2 Å². The van der Waals surface area contributed by atoms with E-state index in [1.165, 1.54) is 0 Å². The first-order valence-electron chi connectivity index (χ1n) is 16.1. The molecule has 2 aliphatic carbocycles. The Morgan fingerprint density at radius 1 is 0.565 bits per heavy atom. The molecule has 0 spiro atoms. The third-order valence-corrected chi connectivity index (χ3v) is 9.37. The summed E-state index contributed by atoms with van der Waals surface area (Å²) in [7, 11) is 0. The highest BCUT2D eigenvalue weighted by Gasteiger charge is 2.44. The molecule has 0 aromatic heterocycles. The van der Waals surface area contributed by atoms with Gasteiger partial charge in [-0.2, -0.15) is 0 Å². The lowest BCUT2D eigenvalue weighted by atomic mass is 9.62. The van der Waals surface area contributed by atoms with Gasteiger partial charge in [0.15, 0.2) is 0 Å². The molecule has 0 saturated heterocycles. The van der Waals surface area contributed by atoms with Crippen LogP contribution in [0.2, 0.25) is 0 Å². The van der Waals surface area contributed by atoms with Crippen molar-refractivity contribution in [1.82, 2.24) is 0 Å². The van der Waals surface area contributed by atoms with E-state index in [4.69, 9.17) is 9.47 Å². The standard InChI is InChI=1S/C42H36O4/c1-3-45-41(43)34-26-30-22-14-15-23-31(30)32-24-25-33-35(27-16-8-5-9-17-27)36(28-18-10-6-11-19-28)37(29-20-12-7-13-21-29)40(39(33)38(32)34)42(44)46-4-2/h5-25,35-37H,3-4,26H2,1-2H3. The Labute approximate surface area is 269 Å². The molecular weight excluding hydrogens is 568 g/mol. The predicted molar refractivity (Wildman–Crippen MR) is 182 cm³/mol. The smallest absolute Gasteiger partial charge is 0.335 e. The highest BCUT2D eigenvalue weighted by Crippen LogP contribution is 2.52. The minimum absolute atomic E-state index is 0.118. The van der Waals surface area contributed by atoms with Gasteiger partial charge in [-0.1, -0.05) is 127 Å². The zero-order valence-corrected chi connectivity index (χ0v) is 26.1. The van der Waals surface area contributed by atoms with E-state index in [-0.39, 0.29) is 42.9 Å². The van der Waals surface area contributed by atoms with Crippen LogP contribution in [0.15, 0.2) is 127 Å². The molecule has 0 radical (unpaired) electrons. The van der Waals surface area contributed by atoms with Crippen LogP contribution < -0.4 is 10.4 Å². The van der Waals surface area contributed by atoms with Gasteiger partial charge in [-0.25, -0.2) is 9.59 Å². The molecule has 2 aliphatic rings. The first-order chi connectivity index (χ1) is 22.6. The second kappa shape index (κ2) is 12.6. The largest absolute Gasteiger partial charge is 0.463 e. The summed E-state index contributed by atoms with van der Waals surface area (Å²) in [6.07, 6.45) is 0.419. The molecular formula is C42H36O4. The molecule has 228 valence electrons. The van der Waals surface area contributed by atoms with Crippen LogP contribution >= 0.6 is 0 Å². The highest BCUT2D eigenvalue weighted by molar-refractivity contribution is 6.15. The molecule has 5 aromatic carbocycles. The van der Waals surface area contributed by atoms with Crippen LogP contribution in [0, 0.1) is 0 Å². The average Bonchev–Trinajstić information content (AvgIpc) is 3.11. The summed E-state index contributed by atoms with van der Waals surface area (Å²) in [5.41, 5.74) is 8.54. The lowest BCUT2D eigenvalue weighted by Crippen LogP contribution is -2.46. The molecule has 46 heavy (non-hydrogen) atoms. The molecule has 0 amide bonds. The highest BCUT2D eigenvalue weighted by atomic mass is 16.5.